The molecule has 0 unspecified atom stereocenters. The van der Waals surface area contributed by atoms with Gasteiger partial charge in [0, 0.05) is 12.1 Å². The third-order valence-corrected chi connectivity index (χ3v) is 3.25. The van der Waals surface area contributed by atoms with Gasteiger partial charge in [0.2, 0.25) is 11.8 Å². The molecule has 0 fully saturated rings. The largest absolute Gasteiger partial charge is 0.350 e. The average molecular weight is 285 g/mol. The summed E-state index contributed by atoms with van der Waals surface area (Å²) >= 11 is 0. The van der Waals surface area contributed by atoms with Crippen LogP contribution in [0.4, 0.5) is 0 Å². The van der Waals surface area contributed by atoms with Crippen molar-refractivity contribution in [3.8, 4) is 0 Å². The van der Waals surface area contributed by atoms with Crippen LogP contribution in [0, 0.1) is 5.41 Å². The predicted octanol–water partition coefficient (Wildman–Crippen LogP) is 1.56. The Labute approximate surface area is 123 Å². The molecular weight excluding hydrogens is 254 g/mol. The van der Waals surface area contributed by atoms with E-state index in [4.69, 9.17) is 5.73 Å². The molecule has 20 heavy (non-hydrogen) atoms. The number of nitrogens with one attached hydrogen (secondary N) is 2. The Hall–Kier alpha value is -1.10. The molecule has 0 saturated heterocycles. The Morgan fingerprint density at radius 3 is 1.90 bits per heavy atom. The van der Waals surface area contributed by atoms with Gasteiger partial charge in [0.1, 0.15) is 0 Å². The first-order chi connectivity index (χ1) is 9.20. The van der Waals surface area contributed by atoms with Crippen molar-refractivity contribution in [1.82, 2.24) is 10.6 Å². The molecule has 0 bridgehead atoms. The molecule has 0 aromatic heterocycles. The molecule has 0 saturated carbocycles. The highest BCUT2D eigenvalue weighted by atomic mass is 16.2. The minimum atomic E-state index is -0.536. The first-order valence-electron chi connectivity index (χ1n) is 7.50. The monoisotopic (exact) mass is 285 g/mol. The molecule has 0 aliphatic heterocycles. The molecule has 0 aliphatic carbocycles. The van der Waals surface area contributed by atoms with E-state index in [0.717, 1.165) is 25.7 Å². The summed E-state index contributed by atoms with van der Waals surface area (Å²) in [4.78, 5) is 24.1. The fourth-order valence-electron chi connectivity index (χ4n) is 2.42. The van der Waals surface area contributed by atoms with Crippen molar-refractivity contribution in [3.05, 3.63) is 0 Å². The predicted molar refractivity (Wildman–Crippen MR) is 82.2 cm³/mol. The minimum Gasteiger partial charge on any atom is -0.350 e. The van der Waals surface area contributed by atoms with Crippen molar-refractivity contribution in [2.45, 2.75) is 65.8 Å². The van der Waals surface area contributed by atoms with Crippen LogP contribution in [0.2, 0.25) is 0 Å². The molecule has 2 amide bonds. The normalized spacial score (nSPS) is 12.1. The lowest BCUT2D eigenvalue weighted by molar-refractivity contribution is -0.134. The van der Waals surface area contributed by atoms with E-state index in [1.807, 2.05) is 34.6 Å². The maximum atomic E-state index is 12.4. The molecule has 118 valence electrons. The zero-order chi connectivity index (χ0) is 15.8. The average Bonchev–Trinajstić information content (AvgIpc) is 2.33. The van der Waals surface area contributed by atoms with Crippen LogP contribution in [-0.2, 0) is 9.59 Å². The molecule has 0 atom stereocenters. The van der Waals surface area contributed by atoms with Gasteiger partial charge in [-0.15, -0.1) is 0 Å². The maximum Gasteiger partial charge on any atom is 0.239 e. The summed E-state index contributed by atoms with van der Waals surface area (Å²) in [5, 5.41) is 5.56. The van der Waals surface area contributed by atoms with Gasteiger partial charge in [-0.2, -0.15) is 0 Å². The second-order valence-corrected chi connectivity index (χ2v) is 6.47. The smallest absolute Gasteiger partial charge is 0.239 e. The Kier molecular flexibility index (Phi) is 7.79. The van der Waals surface area contributed by atoms with Crippen molar-refractivity contribution >= 4 is 11.8 Å². The number of amides is 2. The molecule has 0 spiro atoms. The summed E-state index contributed by atoms with van der Waals surface area (Å²) in [5.41, 5.74) is 5.00. The van der Waals surface area contributed by atoms with Crippen molar-refractivity contribution in [2.75, 3.05) is 13.1 Å². The lowest BCUT2D eigenvalue weighted by Crippen LogP contribution is -2.50. The molecule has 0 heterocycles. The summed E-state index contributed by atoms with van der Waals surface area (Å²) in [6.07, 6.45) is 3.31. The van der Waals surface area contributed by atoms with Crippen LogP contribution < -0.4 is 16.4 Å². The lowest BCUT2D eigenvalue weighted by Gasteiger charge is -2.31. The van der Waals surface area contributed by atoms with Crippen LogP contribution in [-0.4, -0.2) is 30.4 Å². The van der Waals surface area contributed by atoms with E-state index < -0.39 is 5.41 Å². The van der Waals surface area contributed by atoms with Crippen molar-refractivity contribution in [2.24, 2.45) is 11.1 Å². The highest BCUT2D eigenvalue weighted by Gasteiger charge is 2.35. The second kappa shape index (κ2) is 8.25. The Bertz CT molecular complexity index is 316. The summed E-state index contributed by atoms with van der Waals surface area (Å²) in [6, 6.07) is 0. The fraction of sp³-hybridized carbons (Fsp3) is 0.867. The summed E-state index contributed by atoms with van der Waals surface area (Å²) in [7, 11) is 0. The number of hydrogen-bond donors (Lipinski definition) is 3. The van der Waals surface area contributed by atoms with Gasteiger partial charge in [0.25, 0.3) is 0 Å². The topological polar surface area (TPSA) is 84.2 Å². The van der Waals surface area contributed by atoms with E-state index in [9.17, 15) is 9.59 Å². The first kappa shape index (κ1) is 18.9. The van der Waals surface area contributed by atoms with Crippen LogP contribution in [0.5, 0.6) is 0 Å². The number of nitrogens with two attached hydrogens (primary N) is 1. The summed E-state index contributed by atoms with van der Waals surface area (Å²) in [6.45, 7) is 10.1. The maximum absolute atomic E-state index is 12.4. The Morgan fingerprint density at radius 2 is 1.55 bits per heavy atom. The molecule has 4 N–H and O–H groups in total. The molecule has 0 radical (unpaired) electrons. The van der Waals surface area contributed by atoms with E-state index in [1.165, 1.54) is 0 Å². The van der Waals surface area contributed by atoms with E-state index in [2.05, 4.69) is 10.6 Å². The number of rotatable bonds is 8. The van der Waals surface area contributed by atoms with Crippen molar-refractivity contribution < 1.29 is 9.59 Å². The van der Waals surface area contributed by atoms with Gasteiger partial charge in [-0.25, -0.2) is 0 Å². The molecule has 0 aromatic rings. The van der Waals surface area contributed by atoms with E-state index in [-0.39, 0.29) is 23.9 Å². The first-order valence-corrected chi connectivity index (χ1v) is 7.50. The van der Waals surface area contributed by atoms with Crippen LogP contribution >= 0.6 is 0 Å². The minimum absolute atomic E-state index is 0.00524. The summed E-state index contributed by atoms with van der Waals surface area (Å²) in [5.74, 6) is -0.280. The third kappa shape index (κ3) is 6.37. The SMILES string of the molecule is CCCC(CN)(CCC)C(=O)NCC(=O)NC(C)(C)C. The molecular formula is C15H31N3O2. The fourth-order valence-corrected chi connectivity index (χ4v) is 2.42. The van der Waals surface area contributed by atoms with Crippen LogP contribution in [0.25, 0.3) is 0 Å². The number of carbonyl (C=O) groups is 2. The van der Waals surface area contributed by atoms with Crippen LogP contribution in [0.3, 0.4) is 0 Å². The van der Waals surface area contributed by atoms with Crippen LogP contribution in [0.1, 0.15) is 60.3 Å². The highest BCUT2D eigenvalue weighted by molar-refractivity contribution is 5.88. The number of hydrogen-bond acceptors (Lipinski definition) is 3. The van der Waals surface area contributed by atoms with Crippen molar-refractivity contribution in [1.29, 1.82) is 0 Å². The highest BCUT2D eigenvalue weighted by Crippen LogP contribution is 2.28. The Balaban J connectivity index is 4.58. The third-order valence-electron chi connectivity index (χ3n) is 3.25. The second-order valence-electron chi connectivity index (χ2n) is 6.47. The standard InChI is InChI=1S/C15H31N3O2/c1-6-8-15(11-16,9-7-2)13(20)17-10-12(19)18-14(3,4)5/h6-11,16H2,1-5H3,(H,17,20)(H,18,19). The number of carbonyl (C=O) groups excluding carboxylic acids is 2. The van der Waals surface area contributed by atoms with E-state index >= 15 is 0 Å². The molecule has 0 aliphatic rings. The van der Waals surface area contributed by atoms with Gasteiger partial charge < -0.3 is 16.4 Å². The molecule has 0 rings (SSSR count). The van der Waals surface area contributed by atoms with Gasteiger partial charge in [-0.1, -0.05) is 26.7 Å². The molecule has 5 nitrogen and oxygen atoms in total. The van der Waals surface area contributed by atoms with E-state index in [0.29, 0.717) is 6.54 Å². The molecule has 5 heteroatoms. The van der Waals surface area contributed by atoms with Gasteiger partial charge >= 0.3 is 0 Å². The van der Waals surface area contributed by atoms with Gasteiger partial charge in [0.15, 0.2) is 0 Å². The van der Waals surface area contributed by atoms with E-state index in [1.54, 1.807) is 0 Å². The van der Waals surface area contributed by atoms with Crippen molar-refractivity contribution in [3.63, 3.8) is 0 Å². The quantitative estimate of drug-likeness (QED) is 0.633. The van der Waals surface area contributed by atoms with Crippen LogP contribution in [0.15, 0.2) is 0 Å². The zero-order valence-corrected chi connectivity index (χ0v) is 13.6. The summed E-state index contributed by atoms with van der Waals surface area (Å²) < 4.78 is 0. The van der Waals surface area contributed by atoms with Gasteiger partial charge in [0.05, 0.1) is 12.0 Å². The Morgan fingerprint density at radius 1 is 1.05 bits per heavy atom. The van der Waals surface area contributed by atoms with Gasteiger partial charge in [-0.3, -0.25) is 9.59 Å². The van der Waals surface area contributed by atoms with Gasteiger partial charge in [-0.05, 0) is 33.6 Å². The zero-order valence-electron chi connectivity index (χ0n) is 13.6. The molecule has 0 aromatic carbocycles. The lowest BCUT2D eigenvalue weighted by atomic mass is 9.78.